The van der Waals surface area contributed by atoms with Gasteiger partial charge in [0.1, 0.15) is 0 Å². The molecule has 61 valence electrons. The van der Waals surface area contributed by atoms with E-state index in [2.05, 4.69) is 0 Å². The lowest BCUT2D eigenvalue weighted by molar-refractivity contribution is -0.306. The maximum Gasteiger partial charge on any atom is 0.0610 e. The molecule has 0 spiro atoms. The van der Waals surface area contributed by atoms with Gasteiger partial charge < -0.3 is 4.74 Å². The number of hydroxylamine groups is 2. The monoisotopic (exact) mass is 154 g/mol. The second-order valence-electron chi connectivity index (χ2n) is 3.99. The summed E-state index contributed by atoms with van der Waals surface area (Å²) in [5.74, 6) is 0. The molecule has 3 heteroatoms. The molecule has 0 atom stereocenters. The predicted molar refractivity (Wildman–Crippen MR) is 37.2 cm³/mol. The molecule has 0 saturated carbocycles. The average Bonchev–Trinajstić information content (AvgIpc) is 1.98. The SMILES string of the molecule is [O]N1C2CC3CC1CC(C2)O3. The van der Waals surface area contributed by atoms with Crippen LogP contribution in [-0.4, -0.2) is 29.4 Å². The van der Waals surface area contributed by atoms with E-state index in [9.17, 15) is 5.21 Å². The van der Waals surface area contributed by atoms with Gasteiger partial charge in [0.15, 0.2) is 0 Å². The fourth-order valence-corrected chi connectivity index (χ4v) is 2.81. The van der Waals surface area contributed by atoms with Crippen LogP contribution in [0.3, 0.4) is 0 Å². The lowest BCUT2D eigenvalue weighted by Crippen LogP contribution is -2.60. The van der Waals surface area contributed by atoms with Gasteiger partial charge in [0.25, 0.3) is 0 Å². The van der Waals surface area contributed by atoms with Crippen LogP contribution in [0.25, 0.3) is 0 Å². The van der Waals surface area contributed by atoms with Gasteiger partial charge in [-0.05, 0) is 25.7 Å². The van der Waals surface area contributed by atoms with Crippen LogP contribution in [0.5, 0.6) is 0 Å². The van der Waals surface area contributed by atoms with Crippen LogP contribution in [-0.2, 0) is 9.94 Å². The first-order chi connectivity index (χ1) is 5.33. The van der Waals surface area contributed by atoms with Crippen molar-refractivity contribution in [3.8, 4) is 0 Å². The third kappa shape index (κ3) is 0.789. The van der Waals surface area contributed by atoms with Crippen LogP contribution in [0.15, 0.2) is 0 Å². The number of piperidine rings is 2. The molecule has 4 rings (SSSR count). The Morgan fingerprint density at radius 2 is 1.45 bits per heavy atom. The van der Waals surface area contributed by atoms with Crippen molar-refractivity contribution >= 4 is 0 Å². The van der Waals surface area contributed by atoms with Crippen LogP contribution < -0.4 is 0 Å². The molecule has 1 radical (unpaired) electrons. The number of rotatable bonds is 0. The summed E-state index contributed by atoms with van der Waals surface area (Å²) in [6.07, 6.45) is 4.77. The highest BCUT2D eigenvalue weighted by Crippen LogP contribution is 2.41. The summed E-state index contributed by atoms with van der Waals surface area (Å²) in [5.41, 5.74) is 0. The van der Waals surface area contributed by atoms with Crippen LogP contribution in [0.1, 0.15) is 25.7 Å². The molecule has 0 aromatic heterocycles. The molecular weight excluding hydrogens is 142 g/mol. The maximum atomic E-state index is 11.4. The molecule has 4 bridgehead atoms. The van der Waals surface area contributed by atoms with E-state index < -0.39 is 0 Å². The quantitative estimate of drug-likeness (QED) is 0.515. The first-order valence-electron chi connectivity index (χ1n) is 4.44. The zero-order valence-corrected chi connectivity index (χ0v) is 6.40. The molecule has 0 aliphatic carbocycles. The molecule has 4 saturated heterocycles. The summed E-state index contributed by atoms with van der Waals surface area (Å²) >= 11 is 0. The first-order valence-corrected chi connectivity index (χ1v) is 4.44. The van der Waals surface area contributed by atoms with E-state index in [1.807, 2.05) is 0 Å². The van der Waals surface area contributed by atoms with Crippen LogP contribution >= 0.6 is 0 Å². The average molecular weight is 154 g/mol. The van der Waals surface area contributed by atoms with Gasteiger partial charge in [0.05, 0.1) is 12.2 Å². The Kier molecular flexibility index (Phi) is 1.15. The predicted octanol–water partition coefficient (Wildman–Crippen LogP) is 0.726. The summed E-state index contributed by atoms with van der Waals surface area (Å²) in [4.78, 5) is 0. The number of hydrogen-bond donors (Lipinski definition) is 0. The second kappa shape index (κ2) is 1.97. The highest BCUT2D eigenvalue weighted by molar-refractivity contribution is 4.97. The van der Waals surface area contributed by atoms with Crippen LogP contribution in [0.4, 0.5) is 0 Å². The third-order valence-corrected chi connectivity index (χ3v) is 3.24. The largest absolute Gasteiger partial charge is 0.375 e. The Bertz CT molecular complexity index is 155. The summed E-state index contributed by atoms with van der Waals surface area (Å²) in [5, 5.41) is 12.8. The van der Waals surface area contributed by atoms with Crippen molar-refractivity contribution in [2.24, 2.45) is 0 Å². The van der Waals surface area contributed by atoms with E-state index in [0.717, 1.165) is 25.7 Å². The first kappa shape index (κ1) is 6.40. The molecule has 0 unspecified atom stereocenters. The minimum Gasteiger partial charge on any atom is -0.375 e. The van der Waals surface area contributed by atoms with Crippen LogP contribution in [0, 0.1) is 0 Å². The smallest absolute Gasteiger partial charge is 0.0610 e. The molecule has 4 fully saturated rings. The zero-order chi connectivity index (χ0) is 7.42. The van der Waals surface area contributed by atoms with E-state index in [0.29, 0.717) is 24.3 Å². The van der Waals surface area contributed by atoms with Crippen molar-refractivity contribution in [3.05, 3.63) is 0 Å². The van der Waals surface area contributed by atoms with Gasteiger partial charge in [0.2, 0.25) is 0 Å². The van der Waals surface area contributed by atoms with E-state index in [1.165, 1.54) is 5.06 Å². The Balaban J connectivity index is 1.91. The van der Waals surface area contributed by atoms with Gasteiger partial charge in [-0.25, -0.2) is 0 Å². The number of ether oxygens (including phenoxy) is 1. The molecule has 4 aliphatic rings. The van der Waals surface area contributed by atoms with Crippen molar-refractivity contribution in [2.75, 3.05) is 0 Å². The summed E-state index contributed by atoms with van der Waals surface area (Å²) < 4.78 is 5.71. The normalized spacial score (nSPS) is 55.4. The Labute approximate surface area is 65.9 Å². The fraction of sp³-hybridized carbons (Fsp3) is 1.00. The van der Waals surface area contributed by atoms with Crippen LogP contribution in [0.2, 0.25) is 0 Å². The molecular formula is C8H12NO2. The highest BCUT2D eigenvalue weighted by Gasteiger charge is 2.48. The van der Waals surface area contributed by atoms with E-state index in [-0.39, 0.29) is 0 Å². The molecule has 4 aliphatic heterocycles. The molecule has 0 aromatic rings. The van der Waals surface area contributed by atoms with E-state index in [4.69, 9.17) is 4.74 Å². The summed E-state index contributed by atoms with van der Waals surface area (Å²) in [6, 6.07) is 0.595. The van der Waals surface area contributed by atoms with Gasteiger partial charge in [-0.3, -0.25) is 0 Å². The van der Waals surface area contributed by atoms with E-state index >= 15 is 0 Å². The van der Waals surface area contributed by atoms with Gasteiger partial charge >= 0.3 is 0 Å². The van der Waals surface area contributed by atoms with Crippen molar-refractivity contribution in [1.82, 2.24) is 5.06 Å². The fourth-order valence-electron chi connectivity index (χ4n) is 2.81. The Morgan fingerprint density at radius 1 is 1.00 bits per heavy atom. The molecule has 4 heterocycles. The van der Waals surface area contributed by atoms with E-state index in [1.54, 1.807) is 0 Å². The molecule has 3 nitrogen and oxygen atoms in total. The minimum absolute atomic E-state index is 0.297. The maximum absolute atomic E-state index is 11.4. The second-order valence-corrected chi connectivity index (χ2v) is 3.99. The van der Waals surface area contributed by atoms with Crippen molar-refractivity contribution in [2.45, 2.75) is 50.0 Å². The van der Waals surface area contributed by atoms with Crippen molar-refractivity contribution in [3.63, 3.8) is 0 Å². The van der Waals surface area contributed by atoms with Crippen molar-refractivity contribution < 1.29 is 9.94 Å². The number of nitrogens with zero attached hydrogens (tertiary/aromatic N) is 1. The lowest BCUT2D eigenvalue weighted by atomic mass is 9.80. The summed E-state index contributed by atoms with van der Waals surface area (Å²) in [6.45, 7) is 0. The Morgan fingerprint density at radius 3 is 1.91 bits per heavy atom. The number of hydrogen-bond acceptors (Lipinski definition) is 2. The van der Waals surface area contributed by atoms with Gasteiger partial charge in [-0.2, -0.15) is 0 Å². The molecule has 0 N–H and O–H groups in total. The lowest BCUT2D eigenvalue weighted by Gasteiger charge is -2.52. The van der Waals surface area contributed by atoms with Gasteiger partial charge in [0, 0.05) is 12.1 Å². The topological polar surface area (TPSA) is 32.4 Å². The standard InChI is InChI=1S/C8H12NO2/c10-9-5-1-7-3-6(9)4-8(2-5)11-7/h5-8H,1-4H2. The minimum atomic E-state index is 0.297. The third-order valence-electron chi connectivity index (χ3n) is 3.24. The molecule has 0 amide bonds. The summed E-state index contributed by atoms with van der Waals surface area (Å²) in [7, 11) is 0. The Hall–Kier alpha value is -0.120. The van der Waals surface area contributed by atoms with Gasteiger partial charge in [-0.1, -0.05) is 0 Å². The zero-order valence-electron chi connectivity index (χ0n) is 6.40. The molecule has 11 heavy (non-hydrogen) atoms. The van der Waals surface area contributed by atoms with Crippen molar-refractivity contribution in [1.29, 1.82) is 0 Å². The van der Waals surface area contributed by atoms with Gasteiger partial charge in [-0.15, -0.1) is 10.3 Å². The molecule has 0 aromatic carbocycles. The highest BCUT2D eigenvalue weighted by atomic mass is 16.5.